The number of hydrogen-bond acceptors (Lipinski definition) is 5. The molecule has 0 radical (unpaired) electrons. The van der Waals surface area contributed by atoms with E-state index in [0.29, 0.717) is 17.8 Å². The van der Waals surface area contributed by atoms with Crippen LogP contribution in [0, 0.1) is 10.1 Å². The molecule has 0 spiro atoms. The molecular formula is C19H16N4O3. The lowest BCUT2D eigenvalue weighted by Gasteiger charge is -2.09. The maximum absolute atomic E-state index is 12.2. The predicted octanol–water partition coefficient (Wildman–Crippen LogP) is 3.85. The van der Waals surface area contributed by atoms with E-state index in [1.807, 2.05) is 24.3 Å². The number of carbonyl (C=O) groups is 1. The summed E-state index contributed by atoms with van der Waals surface area (Å²) in [5, 5.41) is 16.7. The van der Waals surface area contributed by atoms with Gasteiger partial charge < -0.3 is 10.6 Å². The van der Waals surface area contributed by atoms with E-state index in [0.717, 1.165) is 11.3 Å². The third kappa shape index (κ3) is 4.41. The van der Waals surface area contributed by atoms with Gasteiger partial charge in [0.25, 0.3) is 11.6 Å². The van der Waals surface area contributed by atoms with Crippen LogP contribution in [-0.2, 0) is 6.54 Å². The topological polar surface area (TPSA) is 97.2 Å². The van der Waals surface area contributed by atoms with Crippen molar-refractivity contribution in [3.63, 3.8) is 0 Å². The first-order valence-corrected chi connectivity index (χ1v) is 7.90. The summed E-state index contributed by atoms with van der Waals surface area (Å²) in [4.78, 5) is 26.3. The average molecular weight is 348 g/mol. The summed E-state index contributed by atoms with van der Waals surface area (Å²) in [5.74, 6) is -0.201. The number of nitrogens with zero attached hydrogens (tertiary/aromatic N) is 2. The quantitative estimate of drug-likeness (QED) is 0.521. The zero-order chi connectivity index (χ0) is 18.4. The van der Waals surface area contributed by atoms with Crippen LogP contribution in [0.15, 0.2) is 73.1 Å². The fourth-order valence-electron chi connectivity index (χ4n) is 2.37. The first kappa shape index (κ1) is 17.1. The molecule has 7 nitrogen and oxygen atoms in total. The number of anilines is 2. The molecule has 0 fully saturated rings. The molecule has 0 saturated heterocycles. The van der Waals surface area contributed by atoms with Crippen molar-refractivity contribution in [3.8, 4) is 0 Å². The van der Waals surface area contributed by atoms with Crippen LogP contribution in [0.25, 0.3) is 0 Å². The maximum Gasteiger partial charge on any atom is 0.269 e. The molecule has 1 aromatic heterocycles. The highest BCUT2D eigenvalue weighted by Crippen LogP contribution is 2.17. The molecule has 26 heavy (non-hydrogen) atoms. The second kappa shape index (κ2) is 7.89. The highest BCUT2D eigenvalue weighted by molar-refractivity contribution is 6.04. The number of benzene rings is 2. The SMILES string of the molecule is O=C(Nc1cccc(CNc2ccc([N+](=O)[O-])cc2)c1)c1ccncc1. The zero-order valence-electron chi connectivity index (χ0n) is 13.8. The number of aromatic nitrogens is 1. The molecule has 0 aliphatic rings. The zero-order valence-corrected chi connectivity index (χ0v) is 13.8. The third-order valence-corrected chi connectivity index (χ3v) is 3.70. The first-order chi connectivity index (χ1) is 12.6. The van der Waals surface area contributed by atoms with Gasteiger partial charge in [0.15, 0.2) is 0 Å². The third-order valence-electron chi connectivity index (χ3n) is 3.70. The molecular weight excluding hydrogens is 332 g/mol. The van der Waals surface area contributed by atoms with Gasteiger partial charge in [-0.15, -0.1) is 0 Å². The number of carbonyl (C=O) groups excluding carboxylic acids is 1. The number of amides is 1. The van der Waals surface area contributed by atoms with Gasteiger partial charge in [-0.2, -0.15) is 0 Å². The Kier molecular flexibility index (Phi) is 5.19. The molecule has 2 aromatic carbocycles. The van der Waals surface area contributed by atoms with Crippen molar-refractivity contribution in [2.75, 3.05) is 10.6 Å². The second-order valence-corrected chi connectivity index (χ2v) is 5.55. The molecule has 0 unspecified atom stereocenters. The fraction of sp³-hybridized carbons (Fsp3) is 0.0526. The van der Waals surface area contributed by atoms with Gasteiger partial charge in [-0.1, -0.05) is 12.1 Å². The number of rotatable bonds is 6. The highest BCUT2D eigenvalue weighted by Gasteiger charge is 2.06. The minimum absolute atomic E-state index is 0.0522. The van der Waals surface area contributed by atoms with Crippen LogP contribution in [0.3, 0.4) is 0 Å². The number of pyridine rings is 1. The van der Waals surface area contributed by atoms with Crippen molar-refractivity contribution in [2.24, 2.45) is 0 Å². The molecule has 0 aliphatic heterocycles. The van der Waals surface area contributed by atoms with Crippen molar-refractivity contribution >= 4 is 23.0 Å². The molecule has 1 heterocycles. The Hall–Kier alpha value is -3.74. The predicted molar refractivity (Wildman–Crippen MR) is 99.1 cm³/mol. The van der Waals surface area contributed by atoms with Crippen molar-refractivity contribution in [3.05, 3.63) is 94.3 Å². The van der Waals surface area contributed by atoms with Crippen LogP contribution in [0.4, 0.5) is 17.1 Å². The molecule has 7 heteroatoms. The standard InChI is InChI=1S/C19H16N4O3/c24-19(15-8-10-20-11-9-15)22-17-3-1-2-14(12-17)13-21-16-4-6-18(7-5-16)23(25)26/h1-12,21H,13H2,(H,22,24). The molecule has 1 amide bonds. The Morgan fingerprint density at radius 2 is 1.73 bits per heavy atom. The van der Waals surface area contributed by atoms with E-state index in [9.17, 15) is 14.9 Å². The summed E-state index contributed by atoms with van der Waals surface area (Å²) < 4.78 is 0. The normalized spacial score (nSPS) is 10.2. The van der Waals surface area contributed by atoms with E-state index in [1.54, 1.807) is 36.7 Å². The summed E-state index contributed by atoms with van der Waals surface area (Å²) in [6.07, 6.45) is 3.14. The van der Waals surface area contributed by atoms with Crippen LogP contribution >= 0.6 is 0 Å². The van der Waals surface area contributed by atoms with Crippen molar-refractivity contribution in [1.29, 1.82) is 0 Å². The lowest BCUT2D eigenvalue weighted by molar-refractivity contribution is -0.384. The van der Waals surface area contributed by atoms with E-state index in [-0.39, 0.29) is 11.6 Å². The van der Waals surface area contributed by atoms with Crippen LogP contribution in [0.1, 0.15) is 15.9 Å². The Balaban J connectivity index is 1.62. The van der Waals surface area contributed by atoms with Gasteiger partial charge in [-0.25, -0.2) is 0 Å². The fourth-order valence-corrected chi connectivity index (χ4v) is 2.37. The minimum atomic E-state index is -0.432. The number of hydrogen-bond donors (Lipinski definition) is 2. The summed E-state index contributed by atoms with van der Waals surface area (Å²) in [7, 11) is 0. The van der Waals surface area contributed by atoms with Crippen molar-refractivity contribution in [2.45, 2.75) is 6.54 Å². The van der Waals surface area contributed by atoms with E-state index < -0.39 is 4.92 Å². The van der Waals surface area contributed by atoms with Crippen LogP contribution in [0.5, 0.6) is 0 Å². The number of nitrogens with one attached hydrogen (secondary N) is 2. The maximum atomic E-state index is 12.2. The van der Waals surface area contributed by atoms with Gasteiger partial charge in [0.2, 0.25) is 0 Å². The Morgan fingerprint density at radius 3 is 2.42 bits per heavy atom. The molecule has 2 N–H and O–H groups in total. The second-order valence-electron chi connectivity index (χ2n) is 5.55. The number of nitro groups is 1. The van der Waals surface area contributed by atoms with E-state index in [1.165, 1.54) is 12.1 Å². The monoisotopic (exact) mass is 348 g/mol. The van der Waals surface area contributed by atoms with Gasteiger partial charge in [-0.3, -0.25) is 19.9 Å². The molecule has 3 rings (SSSR count). The summed E-state index contributed by atoms with van der Waals surface area (Å²) in [5.41, 5.74) is 3.03. The number of non-ortho nitro benzene ring substituents is 1. The van der Waals surface area contributed by atoms with Crippen molar-refractivity contribution in [1.82, 2.24) is 4.98 Å². The van der Waals surface area contributed by atoms with Gasteiger partial charge >= 0.3 is 0 Å². The minimum Gasteiger partial charge on any atom is -0.381 e. The van der Waals surface area contributed by atoms with Crippen LogP contribution < -0.4 is 10.6 Å². The number of nitro benzene ring substituents is 1. The van der Waals surface area contributed by atoms with Crippen LogP contribution in [-0.4, -0.2) is 15.8 Å². The average Bonchev–Trinajstić information content (AvgIpc) is 2.67. The molecule has 3 aromatic rings. The van der Waals surface area contributed by atoms with E-state index >= 15 is 0 Å². The smallest absolute Gasteiger partial charge is 0.269 e. The van der Waals surface area contributed by atoms with Crippen LogP contribution in [0.2, 0.25) is 0 Å². The summed E-state index contributed by atoms with van der Waals surface area (Å²) >= 11 is 0. The van der Waals surface area contributed by atoms with Gasteiger partial charge in [0.1, 0.15) is 0 Å². The molecule has 0 saturated carbocycles. The molecule has 0 bridgehead atoms. The lowest BCUT2D eigenvalue weighted by Crippen LogP contribution is -2.12. The lowest BCUT2D eigenvalue weighted by atomic mass is 10.1. The Morgan fingerprint density at radius 1 is 1.00 bits per heavy atom. The highest BCUT2D eigenvalue weighted by atomic mass is 16.6. The van der Waals surface area contributed by atoms with Gasteiger partial charge in [0.05, 0.1) is 4.92 Å². The van der Waals surface area contributed by atoms with Crippen molar-refractivity contribution < 1.29 is 9.72 Å². The first-order valence-electron chi connectivity index (χ1n) is 7.90. The summed E-state index contributed by atoms with van der Waals surface area (Å²) in [6.45, 7) is 0.525. The molecule has 130 valence electrons. The van der Waals surface area contributed by atoms with E-state index in [2.05, 4.69) is 15.6 Å². The Labute approximate surface area is 149 Å². The Bertz CT molecular complexity index is 912. The molecule has 0 atom stereocenters. The van der Waals surface area contributed by atoms with Gasteiger partial charge in [0, 0.05) is 48.0 Å². The molecule has 0 aliphatic carbocycles. The summed E-state index contributed by atoms with van der Waals surface area (Å²) in [6, 6.07) is 17.0. The van der Waals surface area contributed by atoms with Gasteiger partial charge in [-0.05, 0) is 42.0 Å². The largest absolute Gasteiger partial charge is 0.381 e. The van der Waals surface area contributed by atoms with E-state index in [4.69, 9.17) is 0 Å².